The Morgan fingerprint density at radius 3 is 2.31 bits per heavy atom. The molecular weight excluding hydrogens is 216 g/mol. The normalized spacial score (nSPS) is 10.4. The molecule has 0 radical (unpaired) electrons. The second kappa shape index (κ2) is 3.80. The lowest BCUT2D eigenvalue weighted by molar-refractivity contribution is 0.407. The summed E-state index contributed by atoms with van der Waals surface area (Å²) in [5, 5.41) is 6.05. The highest BCUT2D eigenvalue weighted by atomic mass is 19.1. The molecule has 0 aliphatic heterocycles. The first-order valence-electron chi connectivity index (χ1n) is 4.46. The standard InChI is InChI=1S/C10H9F2N3O/c1-16-5-2-6(11)10(7(12)3-5)8-4-9(13)15-14-8/h2-4H,1H3,(H3,13,14,15). The maximum atomic E-state index is 13.6. The average molecular weight is 225 g/mol. The van der Waals surface area contributed by atoms with Crippen LogP contribution in [0.25, 0.3) is 11.3 Å². The zero-order valence-electron chi connectivity index (χ0n) is 8.42. The van der Waals surface area contributed by atoms with Crippen molar-refractivity contribution < 1.29 is 13.5 Å². The summed E-state index contributed by atoms with van der Waals surface area (Å²) in [5.41, 5.74) is 5.35. The molecule has 1 aromatic carbocycles. The minimum absolute atomic E-state index is 0.117. The molecule has 0 bridgehead atoms. The van der Waals surface area contributed by atoms with Gasteiger partial charge in [-0.15, -0.1) is 0 Å². The monoisotopic (exact) mass is 225 g/mol. The molecule has 0 aliphatic rings. The number of nitrogen functional groups attached to an aromatic ring is 1. The van der Waals surface area contributed by atoms with Gasteiger partial charge in [-0.3, -0.25) is 5.10 Å². The van der Waals surface area contributed by atoms with Gasteiger partial charge < -0.3 is 10.5 Å². The van der Waals surface area contributed by atoms with Crippen LogP contribution in [0.4, 0.5) is 14.6 Å². The fourth-order valence-electron chi connectivity index (χ4n) is 1.39. The van der Waals surface area contributed by atoms with Crippen LogP contribution in [-0.4, -0.2) is 17.3 Å². The van der Waals surface area contributed by atoms with E-state index in [1.165, 1.54) is 13.2 Å². The molecule has 4 nitrogen and oxygen atoms in total. The highest BCUT2D eigenvalue weighted by Crippen LogP contribution is 2.28. The second-order valence-corrected chi connectivity index (χ2v) is 3.17. The maximum absolute atomic E-state index is 13.6. The summed E-state index contributed by atoms with van der Waals surface area (Å²) >= 11 is 0. The number of aromatic nitrogens is 2. The van der Waals surface area contributed by atoms with Crippen molar-refractivity contribution in [2.24, 2.45) is 0 Å². The third kappa shape index (κ3) is 1.69. The van der Waals surface area contributed by atoms with E-state index in [4.69, 9.17) is 10.5 Å². The lowest BCUT2D eigenvalue weighted by Crippen LogP contribution is -1.93. The zero-order chi connectivity index (χ0) is 11.7. The largest absolute Gasteiger partial charge is 0.497 e. The van der Waals surface area contributed by atoms with Crippen LogP contribution >= 0.6 is 0 Å². The Kier molecular flexibility index (Phi) is 2.47. The topological polar surface area (TPSA) is 63.9 Å². The van der Waals surface area contributed by atoms with Crippen molar-refractivity contribution in [1.82, 2.24) is 10.2 Å². The number of hydrogen-bond acceptors (Lipinski definition) is 3. The highest BCUT2D eigenvalue weighted by molar-refractivity contribution is 5.64. The van der Waals surface area contributed by atoms with Gasteiger partial charge in [0.05, 0.1) is 18.4 Å². The molecular formula is C10H9F2N3O. The number of ether oxygens (including phenoxy) is 1. The van der Waals surface area contributed by atoms with Crippen LogP contribution in [0.5, 0.6) is 5.75 Å². The molecule has 1 aromatic heterocycles. The van der Waals surface area contributed by atoms with E-state index in [1.54, 1.807) is 0 Å². The van der Waals surface area contributed by atoms with Gasteiger partial charge in [0.25, 0.3) is 0 Å². The highest BCUT2D eigenvalue weighted by Gasteiger charge is 2.15. The minimum Gasteiger partial charge on any atom is -0.497 e. The smallest absolute Gasteiger partial charge is 0.145 e. The molecule has 2 aromatic rings. The molecule has 0 unspecified atom stereocenters. The number of H-pyrrole nitrogens is 1. The fraction of sp³-hybridized carbons (Fsp3) is 0.100. The van der Waals surface area contributed by atoms with Crippen LogP contribution in [-0.2, 0) is 0 Å². The molecule has 0 saturated heterocycles. The molecule has 0 saturated carbocycles. The number of halogens is 2. The van der Waals surface area contributed by atoms with Gasteiger partial charge in [0.15, 0.2) is 0 Å². The molecule has 84 valence electrons. The Labute approximate surface area is 90.0 Å². The Morgan fingerprint density at radius 1 is 1.25 bits per heavy atom. The summed E-state index contributed by atoms with van der Waals surface area (Å²) in [4.78, 5) is 0. The number of nitrogens with one attached hydrogen (secondary N) is 1. The van der Waals surface area contributed by atoms with Gasteiger partial charge >= 0.3 is 0 Å². The van der Waals surface area contributed by atoms with Crippen LogP contribution in [0.3, 0.4) is 0 Å². The minimum atomic E-state index is -0.736. The quantitative estimate of drug-likeness (QED) is 0.820. The first kappa shape index (κ1) is 10.4. The Bertz CT molecular complexity index is 502. The van der Waals surface area contributed by atoms with E-state index in [0.29, 0.717) is 0 Å². The predicted octanol–water partition coefficient (Wildman–Crippen LogP) is 1.95. The van der Waals surface area contributed by atoms with Gasteiger partial charge in [-0.1, -0.05) is 0 Å². The lowest BCUT2D eigenvalue weighted by Gasteiger charge is -2.05. The van der Waals surface area contributed by atoms with Crippen LogP contribution in [0.2, 0.25) is 0 Å². The molecule has 6 heteroatoms. The number of aromatic amines is 1. The van der Waals surface area contributed by atoms with Gasteiger partial charge in [-0.25, -0.2) is 8.78 Å². The average Bonchev–Trinajstić information content (AvgIpc) is 2.63. The van der Waals surface area contributed by atoms with E-state index in [0.717, 1.165) is 12.1 Å². The number of methoxy groups -OCH3 is 1. The summed E-state index contributed by atoms with van der Waals surface area (Å²) in [6.45, 7) is 0. The summed E-state index contributed by atoms with van der Waals surface area (Å²) in [7, 11) is 1.34. The van der Waals surface area contributed by atoms with E-state index in [2.05, 4.69) is 10.2 Å². The van der Waals surface area contributed by atoms with Gasteiger partial charge in [0.2, 0.25) is 0 Å². The van der Waals surface area contributed by atoms with E-state index in [9.17, 15) is 8.78 Å². The molecule has 1 heterocycles. The van der Waals surface area contributed by atoms with Crippen molar-refractivity contribution in [3.63, 3.8) is 0 Å². The van der Waals surface area contributed by atoms with Crippen molar-refractivity contribution in [1.29, 1.82) is 0 Å². The van der Waals surface area contributed by atoms with Crippen molar-refractivity contribution in [3.05, 3.63) is 29.8 Å². The number of hydrogen-bond donors (Lipinski definition) is 2. The van der Waals surface area contributed by atoms with Crippen LogP contribution in [0.15, 0.2) is 18.2 Å². The lowest BCUT2D eigenvalue weighted by atomic mass is 10.1. The molecule has 0 fully saturated rings. The molecule has 0 aliphatic carbocycles. The number of anilines is 1. The molecule has 16 heavy (non-hydrogen) atoms. The van der Waals surface area contributed by atoms with Crippen molar-refractivity contribution >= 4 is 5.82 Å². The van der Waals surface area contributed by atoms with Crippen LogP contribution in [0.1, 0.15) is 0 Å². The SMILES string of the molecule is COc1cc(F)c(-c2cc(N)n[nH]2)c(F)c1. The summed E-state index contributed by atoms with van der Waals surface area (Å²) in [6.07, 6.45) is 0. The number of nitrogens with zero attached hydrogens (tertiary/aromatic N) is 1. The van der Waals surface area contributed by atoms with Gasteiger partial charge in [-0.2, -0.15) is 5.10 Å². The third-order valence-electron chi connectivity index (χ3n) is 2.12. The van der Waals surface area contributed by atoms with Crippen molar-refractivity contribution in [3.8, 4) is 17.0 Å². The first-order chi connectivity index (χ1) is 7.61. The zero-order valence-corrected chi connectivity index (χ0v) is 8.42. The molecule has 2 rings (SSSR count). The number of nitrogens with two attached hydrogens (primary N) is 1. The van der Waals surface area contributed by atoms with E-state index in [-0.39, 0.29) is 22.8 Å². The second-order valence-electron chi connectivity index (χ2n) is 3.17. The Morgan fingerprint density at radius 2 is 1.88 bits per heavy atom. The van der Waals surface area contributed by atoms with E-state index >= 15 is 0 Å². The molecule has 0 amide bonds. The summed E-state index contributed by atoms with van der Waals surface area (Å²) in [5.74, 6) is -1.18. The molecule has 0 atom stereocenters. The summed E-state index contributed by atoms with van der Waals surface area (Å²) in [6, 6.07) is 3.54. The van der Waals surface area contributed by atoms with E-state index in [1.807, 2.05) is 0 Å². The first-order valence-corrected chi connectivity index (χ1v) is 4.46. The Balaban J connectivity index is 2.57. The molecule has 0 spiro atoms. The van der Waals surface area contributed by atoms with Crippen molar-refractivity contribution in [2.45, 2.75) is 0 Å². The van der Waals surface area contributed by atoms with E-state index < -0.39 is 11.6 Å². The number of benzene rings is 1. The number of rotatable bonds is 2. The predicted molar refractivity (Wildman–Crippen MR) is 54.9 cm³/mol. The molecule has 3 N–H and O–H groups in total. The van der Waals surface area contributed by atoms with Crippen molar-refractivity contribution in [2.75, 3.05) is 12.8 Å². The summed E-state index contributed by atoms with van der Waals surface area (Å²) < 4.78 is 31.9. The van der Waals surface area contributed by atoms with Gasteiger partial charge in [0.1, 0.15) is 23.2 Å². The van der Waals surface area contributed by atoms with Crippen LogP contribution in [0, 0.1) is 11.6 Å². The van der Waals surface area contributed by atoms with Gasteiger partial charge in [0, 0.05) is 18.2 Å². The third-order valence-corrected chi connectivity index (χ3v) is 2.12. The van der Waals surface area contributed by atoms with Gasteiger partial charge in [-0.05, 0) is 0 Å². The maximum Gasteiger partial charge on any atom is 0.145 e. The Hall–Kier alpha value is -2.11. The fourth-order valence-corrected chi connectivity index (χ4v) is 1.39. The van der Waals surface area contributed by atoms with Crippen LogP contribution < -0.4 is 10.5 Å².